The van der Waals surface area contributed by atoms with Gasteiger partial charge >= 0.3 is 11.9 Å². The van der Waals surface area contributed by atoms with Crippen molar-refractivity contribution in [3.8, 4) is 0 Å². The molecular weight excluding hydrogens is 370 g/mol. The first-order valence-electron chi connectivity index (χ1n) is 10.4. The first kappa shape index (κ1) is 27.9. The summed E-state index contributed by atoms with van der Waals surface area (Å²) in [5, 5.41) is 19.3. The summed E-state index contributed by atoms with van der Waals surface area (Å²) in [6.45, 7) is 20.9. The fourth-order valence-corrected chi connectivity index (χ4v) is 4.27. The molecule has 0 aliphatic carbocycles. The number of carboxylic acid groups (broad SMARTS) is 1. The summed E-state index contributed by atoms with van der Waals surface area (Å²) in [5.74, 6) is -1.27. The zero-order valence-corrected chi connectivity index (χ0v) is 20.5. The Kier molecular flexibility index (Phi) is 8.20. The molecule has 0 aliphatic heterocycles. The van der Waals surface area contributed by atoms with E-state index in [1.54, 1.807) is 6.92 Å². The molecule has 0 aromatic carbocycles. The number of aliphatic carboxylic acids is 1. The predicted molar refractivity (Wildman–Crippen MR) is 116 cm³/mol. The van der Waals surface area contributed by atoms with Crippen molar-refractivity contribution < 1.29 is 24.5 Å². The maximum absolute atomic E-state index is 13.0. The van der Waals surface area contributed by atoms with Crippen molar-refractivity contribution >= 4 is 11.9 Å². The van der Waals surface area contributed by atoms with Gasteiger partial charge in [0.05, 0.1) is 17.4 Å². The smallest absolute Gasteiger partial charge is 0.312 e. The van der Waals surface area contributed by atoms with E-state index in [1.807, 2.05) is 69.2 Å². The second-order valence-electron chi connectivity index (χ2n) is 11.9. The van der Waals surface area contributed by atoms with Gasteiger partial charge in [-0.3, -0.25) is 9.59 Å². The summed E-state index contributed by atoms with van der Waals surface area (Å²) < 4.78 is 5.33. The molecule has 0 saturated heterocycles. The van der Waals surface area contributed by atoms with Gasteiger partial charge in [-0.2, -0.15) is 0 Å². The number of aliphatic hydroxyl groups is 1. The lowest BCUT2D eigenvalue weighted by atomic mass is 9.47. The number of carbonyl (C=O) groups is 2. The first-order valence-corrected chi connectivity index (χ1v) is 10.4. The van der Waals surface area contributed by atoms with Crippen molar-refractivity contribution in [3.63, 3.8) is 0 Å². The molecule has 172 valence electrons. The third kappa shape index (κ3) is 5.72. The largest absolute Gasteiger partial charge is 0.481 e. The molecule has 0 aromatic rings. The van der Waals surface area contributed by atoms with Gasteiger partial charge in [-0.1, -0.05) is 48.5 Å². The van der Waals surface area contributed by atoms with Crippen molar-refractivity contribution in [2.24, 2.45) is 32.8 Å². The maximum atomic E-state index is 13.0. The number of carbonyl (C=O) groups excluding carboxylic acids is 1. The van der Waals surface area contributed by atoms with Gasteiger partial charge in [-0.25, -0.2) is 0 Å². The Hall–Kier alpha value is -1.14. The Balaban J connectivity index is 6.33. The first-order chi connectivity index (χ1) is 12.6. The van der Waals surface area contributed by atoms with Crippen molar-refractivity contribution in [1.82, 2.24) is 0 Å². The number of hydrogen-bond donors (Lipinski definition) is 3. The number of ether oxygens (including phenoxy) is 1. The molecule has 0 radical (unpaired) electrons. The molecule has 0 aromatic heterocycles. The lowest BCUT2D eigenvalue weighted by Crippen LogP contribution is -2.57. The Morgan fingerprint density at radius 3 is 1.59 bits per heavy atom. The molecule has 29 heavy (non-hydrogen) atoms. The molecule has 2 unspecified atom stereocenters. The van der Waals surface area contributed by atoms with E-state index >= 15 is 0 Å². The van der Waals surface area contributed by atoms with Crippen molar-refractivity contribution in [1.29, 1.82) is 0 Å². The summed E-state index contributed by atoms with van der Waals surface area (Å²) in [5.41, 5.74) is 1.91. The third-order valence-electron chi connectivity index (χ3n) is 7.58. The van der Waals surface area contributed by atoms with E-state index < -0.39 is 38.6 Å². The molecule has 6 heteroatoms. The van der Waals surface area contributed by atoms with E-state index in [0.29, 0.717) is 12.8 Å². The number of esters is 1. The lowest BCUT2D eigenvalue weighted by Gasteiger charge is -2.56. The molecule has 0 rings (SSSR count). The van der Waals surface area contributed by atoms with Crippen LogP contribution >= 0.6 is 0 Å². The molecule has 4 N–H and O–H groups in total. The van der Waals surface area contributed by atoms with Gasteiger partial charge in [0.1, 0.15) is 6.61 Å². The molecule has 0 amide bonds. The maximum Gasteiger partial charge on any atom is 0.312 e. The molecule has 2 atom stereocenters. The monoisotopic (exact) mass is 415 g/mol. The fraction of sp³-hybridized carbons (Fsp3) is 0.913. The van der Waals surface area contributed by atoms with Crippen LogP contribution in [0, 0.1) is 27.1 Å². The minimum absolute atomic E-state index is 0.0530. The normalized spacial score (nSPS) is 18.0. The molecule has 0 aliphatic rings. The van der Waals surface area contributed by atoms with Crippen molar-refractivity contribution in [2.75, 3.05) is 13.2 Å². The van der Waals surface area contributed by atoms with Crippen LogP contribution in [0.15, 0.2) is 0 Å². The SMILES string of the molecule is CC(C)(N)CC(C)(C(=O)O)C(C)(C)C(C)(C)CC(C)(C(=O)OCCO)C(C)(C)C. The van der Waals surface area contributed by atoms with Crippen LogP contribution in [0.1, 0.15) is 89.0 Å². The highest BCUT2D eigenvalue weighted by atomic mass is 16.5. The third-order valence-corrected chi connectivity index (χ3v) is 7.58. The fourth-order valence-electron chi connectivity index (χ4n) is 4.27. The van der Waals surface area contributed by atoms with Crippen LogP contribution in [0.2, 0.25) is 0 Å². The second kappa shape index (κ2) is 8.54. The van der Waals surface area contributed by atoms with Crippen LogP contribution in [0.3, 0.4) is 0 Å². The van der Waals surface area contributed by atoms with Crippen LogP contribution < -0.4 is 5.73 Å². The number of rotatable bonds is 10. The molecule has 0 spiro atoms. The highest BCUT2D eigenvalue weighted by Gasteiger charge is 2.59. The van der Waals surface area contributed by atoms with Gasteiger partial charge < -0.3 is 20.7 Å². The minimum Gasteiger partial charge on any atom is -0.481 e. The van der Waals surface area contributed by atoms with Crippen LogP contribution in [-0.4, -0.2) is 40.9 Å². The van der Waals surface area contributed by atoms with Gasteiger partial charge in [-0.15, -0.1) is 0 Å². The molecular formula is C23H45NO5. The number of nitrogens with two attached hydrogens (primary N) is 1. The number of aliphatic hydroxyl groups excluding tert-OH is 1. The zero-order valence-electron chi connectivity index (χ0n) is 20.5. The summed E-state index contributed by atoms with van der Waals surface area (Å²) in [4.78, 5) is 25.5. The molecule has 0 fully saturated rings. The highest BCUT2D eigenvalue weighted by molar-refractivity contribution is 5.78. The van der Waals surface area contributed by atoms with E-state index in [2.05, 4.69) is 0 Å². The number of hydrogen-bond acceptors (Lipinski definition) is 5. The van der Waals surface area contributed by atoms with Crippen LogP contribution in [0.5, 0.6) is 0 Å². The second-order valence-corrected chi connectivity index (χ2v) is 11.9. The molecule has 0 saturated carbocycles. The molecule has 0 heterocycles. The average molecular weight is 416 g/mol. The van der Waals surface area contributed by atoms with Gasteiger partial charge in [0.15, 0.2) is 0 Å². The van der Waals surface area contributed by atoms with Gasteiger partial charge in [0.2, 0.25) is 0 Å². The van der Waals surface area contributed by atoms with E-state index in [0.717, 1.165) is 0 Å². The topological polar surface area (TPSA) is 110 Å². The van der Waals surface area contributed by atoms with Gasteiger partial charge in [0, 0.05) is 5.54 Å². The van der Waals surface area contributed by atoms with Crippen molar-refractivity contribution in [3.05, 3.63) is 0 Å². The van der Waals surface area contributed by atoms with E-state index in [1.165, 1.54) is 0 Å². The highest BCUT2D eigenvalue weighted by Crippen LogP contribution is 2.60. The van der Waals surface area contributed by atoms with Gasteiger partial charge in [0.25, 0.3) is 0 Å². The Morgan fingerprint density at radius 2 is 1.28 bits per heavy atom. The molecule has 6 nitrogen and oxygen atoms in total. The quantitative estimate of drug-likeness (QED) is 0.460. The van der Waals surface area contributed by atoms with Crippen LogP contribution in [0.25, 0.3) is 0 Å². The predicted octanol–water partition coefficient (Wildman–Crippen LogP) is 4.24. The summed E-state index contributed by atoms with van der Waals surface area (Å²) in [6.07, 6.45) is 0.724. The van der Waals surface area contributed by atoms with Crippen LogP contribution in [-0.2, 0) is 14.3 Å². The Labute approximate surface area is 177 Å². The molecule has 0 bridgehead atoms. The van der Waals surface area contributed by atoms with Crippen LogP contribution in [0.4, 0.5) is 0 Å². The van der Waals surface area contributed by atoms with Gasteiger partial charge in [-0.05, 0) is 56.8 Å². The van der Waals surface area contributed by atoms with E-state index in [9.17, 15) is 14.7 Å². The summed E-state index contributed by atoms with van der Waals surface area (Å²) >= 11 is 0. The van der Waals surface area contributed by atoms with E-state index in [-0.39, 0.29) is 19.2 Å². The zero-order chi connectivity index (χ0) is 23.7. The minimum atomic E-state index is -1.11. The number of carboxylic acids is 1. The van der Waals surface area contributed by atoms with Crippen molar-refractivity contribution in [2.45, 2.75) is 94.5 Å². The average Bonchev–Trinajstić information content (AvgIpc) is 2.48. The Bertz CT molecular complexity index is 597. The Morgan fingerprint density at radius 1 is 0.828 bits per heavy atom. The summed E-state index contributed by atoms with van der Waals surface area (Å²) in [7, 11) is 0. The standard InChI is InChI=1S/C23H45NO5/c1-18(2,3)23(11,17(28)29-13-12-25)14-19(4,5)21(8,9)22(10,16(26)27)15-20(6,7)24/h25H,12-15,24H2,1-11H3,(H,26,27). The van der Waals surface area contributed by atoms with E-state index in [4.69, 9.17) is 15.6 Å². The lowest BCUT2D eigenvalue weighted by molar-refractivity contribution is -0.177. The summed E-state index contributed by atoms with van der Waals surface area (Å²) in [6, 6.07) is 0.